The molecule has 0 amide bonds. The molecule has 118 valence electrons. The molecule has 1 aliphatic rings. The van der Waals surface area contributed by atoms with Gasteiger partial charge in [0.2, 0.25) is 0 Å². The van der Waals surface area contributed by atoms with Gasteiger partial charge in [-0.05, 0) is 37.3 Å². The Labute approximate surface area is 134 Å². The second kappa shape index (κ2) is 6.12. The predicted molar refractivity (Wildman–Crippen MR) is 88.0 cm³/mol. The van der Waals surface area contributed by atoms with Crippen molar-refractivity contribution >= 4 is 22.4 Å². The maximum atomic E-state index is 11.3. The van der Waals surface area contributed by atoms with Gasteiger partial charge in [-0.15, -0.1) is 11.3 Å². The summed E-state index contributed by atoms with van der Waals surface area (Å²) in [5.74, 6) is -0.180. The quantitative estimate of drug-likeness (QED) is 0.940. The van der Waals surface area contributed by atoms with Crippen molar-refractivity contribution in [1.29, 1.82) is 0 Å². The number of carboxylic acid groups (broad SMARTS) is 1. The number of piperidine rings is 1. The van der Waals surface area contributed by atoms with Gasteiger partial charge in [0.05, 0.1) is 12.2 Å². The zero-order valence-electron chi connectivity index (χ0n) is 13.0. The standard InChI is InChI=1S/C16H21N3O2S/c1-11-4-3-5-18(7-11)16-17-13(10-22-16)9-19-8-12(2)6-14(19)15(20)21/h6,8,10-11H,3-5,7,9H2,1-2H3,(H,20,21). The van der Waals surface area contributed by atoms with E-state index in [1.54, 1.807) is 22.0 Å². The van der Waals surface area contributed by atoms with Crippen molar-refractivity contribution < 1.29 is 9.90 Å². The Morgan fingerprint density at radius 1 is 1.55 bits per heavy atom. The number of hydrogen-bond donors (Lipinski definition) is 1. The van der Waals surface area contributed by atoms with Gasteiger partial charge in [-0.25, -0.2) is 9.78 Å². The average molecular weight is 319 g/mol. The SMILES string of the molecule is Cc1cc(C(=O)O)n(Cc2csc(N3CCCC(C)C3)n2)c1. The van der Waals surface area contributed by atoms with Crippen LogP contribution < -0.4 is 4.90 Å². The fraction of sp³-hybridized carbons (Fsp3) is 0.500. The number of carboxylic acids is 1. The molecular weight excluding hydrogens is 298 g/mol. The highest BCUT2D eigenvalue weighted by Crippen LogP contribution is 2.26. The first kappa shape index (κ1) is 15.1. The summed E-state index contributed by atoms with van der Waals surface area (Å²) in [7, 11) is 0. The van der Waals surface area contributed by atoms with Gasteiger partial charge < -0.3 is 14.6 Å². The number of hydrogen-bond acceptors (Lipinski definition) is 4. The number of thiazole rings is 1. The molecule has 3 rings (SSSR count). The maximum Gasteiger partial charge on any atom is 0.352 e. The Morgan fingerprint density at radius 3 is 3.09 bits per heavy atom. The third-order valence-electron chi connectivity index (χ3n) is 4.05. The minimum Gasteiger partial charge on any atom is -0.477 e. The molecule has 0 spiro atoms. The molecule has 0 bridgehead atoms. The lowest BCUT2D eigenvalue weighted by molar-refractivity contribution is 0.0685. The summed E-state index contributed by atoms with van der Waals surface area (Å²) < 4.78 is 1.76. The van der Waals surface area contributed by atoms with Crippen molar-refractivity contribution in [2.45, 2.75) is 33.2 Å². The van der Waals surface area contributed by atoms with E-state index in [9.17, 15) is 9.90 Å². The average Bonchev–Trinajstić information content (AvgIpc) is 3.06. The molecule has 1 saturated heterocycles. The smallest absolute Gasteiger partial charge is 0.352 e. The molecule has 3 heterocycles. The number of anilines is 1. The van der Waals surface area contributed by atoms with Gasteiger partial charge in [0.1, 0.15) is 5.69 Å². The zero-order valence-corrected chi connectivity index (χ0v) is 13.8. The topological polar surface area (TPSA) is 58.4 Å². The second-order valence-corrected chi connectivity index (χ2v) is 6.99. The molecule has 1 N–H and O–H groups in total. The first-order valence-corrected chi connectivity index (χ1v) is 8.50. The zero-order chi connectivity index (χ0) is 15.7. The molecule has 1 unspecified atom stereocenters. The van der Waals surface area contributed by atoms with E-state index in [0.717, 1.165) is 29.5 Å². The minimum atomic E-state index is -0.895. The Morgan fingerprint density at radius 2 is 2.36 bits per heavy atom. The Bertz CT molecular complexity index is 677. The summed E-state index contributed by atoms with van der Waals surface area (Å²) in [5.41, 5.74) is 2.20. The number of nitrogens with zero attached hydrogens (tertiary/aromatic N) is 3. The van der Waals surface area contributed by atoms with E-state index in [1.165, 1.54) is 12.8 Å². The lowest BCUT2D eigenvalue weighted by Gasteiger charge is -2.30. The Balaban J connectivity index is 1.76. The molecule has 2 aromatic rings. The number of aryl methyl sites for hydroxylation is 1. The van der Waals surface area contributed by atoms with Crippen LogP contribution in [0.2, 0.25) is 0 Å². The lowest BCUT2D eigenvalue weighted by Crippen LogP contribution is -2.34. The molecule has 0 aromatic carbocycles. The number of aromatic nitrogens is 2. The van der Waals surface area contributed by atoms with E-state index in [1.807, 2.05) is 18.5 Å². The summed E-state index contributed by atoms with van der Waals surface area (Å²) in [4.78, 5) is 18.3. The van der Waals surface area contributed by atoms with Crippen molar-refractivity contribution in [3.05, 3.63) is 34.6 Å². The van der Waals surface area contributed by atoms with Crippen LogP contribution >= 0.6 is 11.3 Å². The van der Waals surface area contributed by atoms with Gasteiger partial charge in [-0.2, -0.15) is 0 Å². The molecule has 22 heavy (non-hydrogen) atoms. The first-order chi connectivity index (χ1) is 10.5. The Hall–Kier alpha value is -1.82. The number of carbonyl (C=O) groups is 1. The number of rotatable bonds is 4. The van der Waals surface area contributed by atoms with Crippen LogP contribution in [-0.2, 0) is 6.54 Å². The fourth-order valence-electron chi connectivity index (χ4n) is 3.02. The molecule has 6 heteroatoms. The van der Waals surface area contributed by atoms with E-state index in [4.69, 9.17) is 4.98 Å². The molecular formula is C16H21N3O2S. The molecule has 5 nitrogen and oxygen atoms in total. The van der Waals surface area contributed by atoms with Gasteiger partial charge in [-0.1, -0.05) is 6.92 Å². The molecule has 1 atom stereocenters. The van der Waals surface area contributed by atoms with Crippen molar-refractivity contribution in [3.63, 3.8) is 0 Å². The van der Waals surface area contributed by atoms with E-state index < -0.39 is 5.97 Å². The van der Waals surface area contributed by atoms with Crippen molar-refractivity contribution in [2.24, 2.45) is 5.92 Å². The first-order valence-electron chi connectivity index (χ1n) is 7.62. The molecule has 0 aliphatic carbocycles. The van der Waals surface area contributed by atoms with Crippen LogP contribution in [0, 0.1) is 12.8 Å². The summed E-state index contributed by atoms with van der Waals surface area (Å²) in [6.45, 7) is 6.83. The van der Waals surface area contributed by atoms with Gasteiger partial charge in [0, 0.05) is 24.7 Å². The van der Waals surface area contributed by atoms with Gasteiger partial charge in [0.15, 0.2) is 5.13 Å². The number of aromatic carboxylic acids is 1. The van der Waals surface area contributed by atoms with Gasteiger partial charge in [-0.3, -0.25) is 0 Å². The fourth-order valence-corrected chi connectivity index (χ4v) is 3.87. The summed E-state index contributed by atoms with van der Waals surface area (Å²) in [6, 6.07) is 1.70. The highest BCUT2D eigenvalue weighted by atomic mass is 32.1. The van der Waals surface area contributed by atoms with Crippen LogP contribution in [0.25, 0.3) is 0 Å². The third-order valence-corrected chi connectivity index (χ3v) is 5.00. The maximum absolute atomic E-state index is 11.3. The highest BCUT2D eigenvalue weighted by molar-refractivity contribution is 7.13. The Kier molecular flexibility index (Phi) is 4.20. The summed E-state index contributed by atoms with van der Waals surface area (Å²) in [5, 5.41) is 12.3. The monoisotopic (exact) mass is 319 g/mol. The van der Waals surface area contributed by atoms with E-state index in [0.29, 0.717) is 18.2 Å². The van der Waals surface area contributed by atoms with Gasteiger partial charge in [0.25, 0.3) is 0 Å². The van der Waals surface area contributed by atoms with Crippen molar-refractivity contribution in [3.8, 4) is 0 Å². The predicted octanol–water partition coefficient (Wildman–Crippen LogP) is 3.24. The molecule has 2 aromatic heterocycles. The van der Waals surface area contributed by atoms with E-state index in [-0.39, 0.29) is 0 Å². The van der Waals surface area contributed by atoms with Crippen LogP contribution in [-0.4, -0.2) is 33.7 Å². The molecule has 0 saturated carbocycles. The third kappa shape index (κ3) is 3.16. The molecule has 0 radical (unpaired) electrons. The van der Waals surface area contributed by atoms with Crippen LogP contribution in [0.15, 0.2) is 17.6 Å². The molecule has 1 fully saturated rings. The second-order valence-electron chi connectivity index (χ2n) is 6.15. The van der Waals surface area contributed by atoms with Crippen molar-refractivity contribution in [2.75, 3.05) is 18.0 Å². The van der Waals surface area contributed by atoms with Crippen LogP contribution in [0.5, 0.6) is 0 Å². The highest BCUT2D eigenvalue weighted by Gasteiger charge is 2.19. The van der Waals surface area contributed by atoms with Crippen LogP contribution in [0.1, 0.15) is 41.5 Å². The van der Waals surface area contributed by atoms with E-state index in [2.05, 4.69) is 11.8 Å². The molecule has 1 aliphatic heterocycles. The van der Waals surface area contributed by atoms with Gasteiger partial charge >= 0.3 is 5.97 Å². The van der Waals surface area contributed by atoms with E-state index >= 15 is 0 Å². The normalized spacial score (nSPS) is 18.6. The van der Waals surface area contributed by atoms with Crippen LogP contribution in [0.4, 0.5) is 5.13 Å². The summed E-state index contributed by atoms with van der Waals surface area (Å²) in [6.07, 6.45) is 4.38. The lowest BCUT2D eigenvalue weighted by atomic mass is 10.0. The largest absolute Gasteiger partial charge is 0.477 e. The van der Waals surface area contributed by atoms with Crippen molar-refractivity contribution in [1.82, 2.24) is 9.55 Å². The summed E-state index contributed by atoms with van der Waals surface area (Å²) >= 11 is 1.65. The van der Waals surface area contributed by atoms with Crippen LogP contribution in [0.3, 0.4) is 0 Å². The minimum absolute atomic E-state index is 0.318.